The largest absolute Gasteiger partial charge is 0.381 e. The molecule has 1 unspecified atom stereocenters. The molecule has 1 aromatic carbocycles. The number of amides is 1. The first-order valence-corrected chi connectivity index (χ1v) is 12.1. The molecule has 2 saturated heterocycles. The highest BCUT2D eigenvalue weighted by Crippen LogP contribution is 2.40. The highest BCUT2D eigenvalue weighted by molar-refractivity contribution is 8.00. The van der Waals surface area contributed by atoms with E-state index in [2.05, 4.69) is 41.5 Å². The molecule has 0 saturated carbocycles. The Kier molecular flexibility index (Phi) is 6.90. The Bertz CT molecular complexity index is 785. The zero-order chi connectivity index (χ0) is 20.1. The Morgan fingerprint density at radius 1 is 1.10 bits per heavy atom. The number of ether oxygens (including phenoxy) is 2. The molecule has 7 heteroatoms. The lowest BCUT2D eigenvalue weighted by molar-refractivity contribution is -0.124. The van der Waals surface area contributed by atoms with Gasteiger partial charge in [0.1, 0.15) is 0 Å². The smallest absolute Gasteiger partial charge is 0.236 e. The topological polar surface area (TPSA) is 60.5 Å². The summed E-state index contributed by atoms with van der Waals surface area (Å²) in [4.78, 5) is 18.9. The van der Waals surface area contributed by atoms with Crippen molar-refractivity contribution in [2.45, 2.75) is 48.2 Å². The quantitative estimate of drug-likeness (QED) is 0.715. The Labute approximate surface area is 180 Å². The molecule has 1 N–H and O–H groups in total. The van der Waals surface area contributed by atoms with Crippen molar-refractivity contribution >= 4 is 34.1 Å². The number of thiazole rings is 1. The molecule has 0 radical (unpaired) electrons. The fourth-order valence-electron chi connectivity index (χ4n) is 4.21. The molecule has 156 valence electrons. The van der Waals surface area contributed by atoms with Gasteiger partial charge in [-0.15, -0.1) is 23.1 Å². The van der Waals surface area contributed by atoms with Crippen LogP contribution in [0.25, 0.3) is 0 Å². The Hall–Kier alpha value is -1.41. The SMILES string of the molecule is CC(C(=O)Nc1nccs1)(c1ccc(SC2CCOCC2)cc1)C1CCOCC1. The summed E-state index contributed by atoms with van der Waals surface area (Å²) in [6, 6.07) is 8.62. The number of anilines is 1. The zero-order valence-electron chi connectivity index (χ0n) is 16.8. The summed E-state index contributed by atoms with van der Waals surface area (Å²) in [6.45, 7) is 5.21. The number of nitrogens with zero attached hydrogens (tertiary/aromatic N) is 1. The highest BCUT2D eigenvalue weighted by atomic mass is 32.2. The standard InChI is InChI=1S/C22H28N2O3S2/c1-22(17-6-11-26-12-7-17,20(25)24-21-23-10-15-28-21)16-2-4-18(5-3-16)29-19-8-13-27-14-9-19/h2-5,10,15,17,19H,6-9,11-14H2,1H3,(H,23,24,25). The van der Waals surface area contributed by atoms with Crippen molar-refractivity contribution in [3.63, 3.8) is 0 Å². The Morgan fingerprint density at radius 2 is 1.76 bits per heavy atom. The van der Waals surface area contributed by atoms with E-state index in [0.717, 1.165) is 44.5 Å². The number of hydrogen-bond acceptors (Lipinski definition) is 6. The first-order valence-electron chi connectivity index (χ1n) is 10.3. The maximum Gasteiger partial charge on any atom is 0.236 e. The van der Waals surface area contributed by atoms with Crippen molar-refractivity contribution in [2.75, 3.05) is 31.7 Å². The second-order valence-corrected chi connectivity index (χ2v) is 10.1. The molecule has 2 aliphatic heterocycles. The lowest BCUT2D eigenvalue weighted by Gasteiger charge is -2.39. The Balaban J connectivity index is 1.55. The van der Waals surface area contributed by atoms with Crippen molar-refractivity contribution in [3.05, 3.63) is 41.4 Å². The van der Waals surface area contributed by atoms with Crippen LogP contribution in [-0.4, -0.2) is 42.6 Å². The molecule has 1 amide bonds. The number of thioether (sulfide) groups is 1. The lowest BCUT2D eigenvalue weighted by Crippen LogP contribution is -2.46. The van der Waals surface area contributed by atoms with E-state index in [9.17, 15) is 4.79 Å². The van der Waals surface area contributed by atoms with Gasteiger partial charge in [-0.25, -0.2) is 4.98 Å². The molecule has 29 heavy (non-hydrogen) atoms. The van der Waals surface area contributed by atoms with E-state index in [0.29, 0.717) is 23.6 Å². The van der Waals surface area contributed by atoms with E-state index in [1.54, 1.807) is 6.20 Å². The van der Waals surface area contributed by atoms with Gasteiger partial charge in [-0.3, -0.25) is 4.79 Å². The van der Waals surface area contributed by atoms with Gasteiger partial charge in [0.05, 0.1) is 5.41 Å². The fraction of sp³-hybridized carbons (Fsp3) is 0.545. The number of hydrogen-bond donors (Lipinski definition) is 1. The van der Waals surface area contributed by atoms with Crippen LogP contribution in [0.4, 0.5) is 5.13 Å². The predicted molar refractivity (Wildman–Crippen MR) is 118 cm³/mol. The number of rotatable bonds is 6. The molecule has 0 spiro atoms. The third-order valence-electron chi connectivity index (χ3n) is 6.09. The van der Waals surface area contributed by atoms with E-state index in [-0.39, 0.29) is 11.8 Å². The number of carbonyl (C=O) groups excluding carboxylic acids is 1. The maximum atomic E-state index is 13.4. The lowest BCUT2D eigenvalue weighted by atomic mass is 9.68. The van der Waals surface area contributed by atoms with Gasteiger partial charge in [0.25, 0.3) is 0 Å². The third-order valence-corrected chi connectivity index (χ3v) is 8.12. The van der Waals surface area contributed by atoms with E-state index >= 15 is 0 Å². The van der Waals surface area contributed by atoms with Crippen LogP contribution in [0.1, 0.15) is 38.2 Å². The molecule has 2 fully saturated rings. The summed E-state index contributed by atoms with van der Waals surface area (Å²) < 4.78 is 11.0. The van der Waals surface area contributed by atoms with E-state index in [4.69, 9.17) is 9.47 Å². The molecule has 1 atom stereocenters. The normalized spacial score (nSPS) is 20.9. The first-order chi connectivity index (χ1) is 14.2. The van der Waals surface area contributed by atoms with Gasteiger partial charge in [-0.1, -0.05) is 12.1 Å². The minimum atomic E-state index is -0.614. The van der Waals surface area contributed by atoms with Crippen LogP contribution < -0.4 is 5.32 Å². The number of aromatic nitrogens is 1. The molecule has 4 rings (SSSR count). The minimum absolute atomic E-state index is 0.0178. The number of benzene rings is 1. The average molecular weight is 433 g/mol. The van der Waals surface area contributed by atoms with Crippen molar-refractivity contribution < 1.29 is 14.3 Å². The van der Waals surface area contributed by atoms with Gasteiger partial charge in [0.15, 0.2) is 5.13 Å². The first kappa shape index (κ1) is 20.8. The monoisotopic (exact) mass is 432 g/mol. The van der Waals surface area contributed by atoms with Crippen LogP contribution >= 0.6 is 23.1 Å². The van der Waals surface area contributed by atoms with Crippen molar-refractivity contribution in [3.8, 4) is 0 Å². The summed E-state index contributed by atoms with van der Waals surface area (Å²) in [7, 11) is 0. The maximum absolute atomic E-state index is 13.4. The molecule has 3 heterocycles. The van der Waals surface area contributed by atoms with Gasteiger partial charge in [0.2, 0.25) is 5.91 Å². The summed E-state index contributed by atoms with van der Waals surface area (Å²) in [5, 5.41) is 6.19. The van der Waals surface area contributed by atoms with E-state index < -0.39 is 5.41 Å². The van der Waals surface area contributed by atoms with Crippen molar-refractivity contribution in [2.24, 2.45) is 5.92 Å². The molecular weight excluding hydrogens is 404 g/mol. The Morgan fingerprint density at radius 3 is 2.38 bits per heavy atom. The van der Waals surface area contributed by atoms with Gasteiger partial charge in [-0.2, -0.15) is 0 Å². The molecule has 2 aliphatic rings. The van der Waals surface area contributed by atoms with E-state index in [1.807, 2.05) is 17.1 Å². The van der Waals surface area contributed by atoms with E-state index in [1.165, 1.54) is 16.2 Å². The average Bonchev–Trinajstić information content (AvgIpc) is 3.28. The van der Waals surface area contributed by atoms with Crippen LogP contribution in [0, 0.1) is 5.92 Å². The highest BCUT2D eigenvalue weighted by Gasteiger charge is 2.43. The van der Waals surface area contributed by atoms with Crippen LogP contribution in [0.3, 0.4) is 0 Å². The zero-order valence-corrected chi connectivity index (χ0v) is 18.4. The molecule has 1 aromatic heterocycles. The van der Waals surface area contributed by atoms with Gasteiger partial charge in [0, 0.05) is 48.1 Å². The fourth-order valence-corrected chi connectivity index (χ4v) is 5.84. The molecular formula is C22H28N2O3S2. The van der Waals surface area contributed by atoms with Crippen LogP contribution in [0.5, 0.6) is 0 Å². The van der Waals surface area contributed by atoms with Crippen molar-refractivity contribution in [1.29, 1.82) is 0 Å². The summed E-state index contributed by atoms with van der Waals surface area (Å²) >= 11 is 3.37. The van der Waals surface area contributed by atoms with Gasteiger partial charge >= 0.3 is 0 Å². The van der Waals surface area contributed by atoms with Gasteiger partial charge < -0.3 is 14.8 Å². The summed E-state index contributed by atoms with van der Waals surface area (Å²) in [5.41, 5.74) is 0.451. The summed E-state index contributed by atoms with van der Waals surface area (Å²) in [6.07, 6.45) is 5.69. The molecule has 0 bridgehead atoms. The number of carbonyl (C=O) groups is 1. The summed E-state index contributed by atoms with van der Waals surface area (Å²) in [5.74, 6) is 0.259. The second-order valence-electron chi connectivity index (χ2n) is 7.83. The molecule has 2 aromatic rings. The number of nitrogens with one attached hydrogen (secondary N) is 1. The third kappa shape index (κ3) is 4.85. The van der Waals surface area contributed by atoms with Crippen LogP contribution in [0.2, 0.25) is 0 Å². The molecule has 5 nitrogen and oxygen atoms in total. The van der Waals surface area contributed by atoms with Crippen LogP contribution in [0.15, 0.2) is 40.7 Å². The van der Waals surface area contributed by atoms with Crippen LogP contribution in [-0.2, 0) is 19.7 Å². The minimum Gasteiger partial charge on any atom is -0.381 e. The van der Waals surface area contributed by atoms with Gasteiger partial charge in [-0.05, 0) is 56.2 Å². The van der Waals surface area contributed by atoms with Crippen molar-refractivity contribution in [1.82, 2.24) is 4.98 Å². The molecule has 0 aliphatic carbocycles. The second kappa shape index (κ2) is 9.60. The predicted octanol–water partition coefficient (Wildman–Crippen LogP) is 4.74.